The highest BCUT2D eigenvalue weighted by Gasteiger charge is 2.29. The second-order valence-electron chi connectivity index (χ2n) is 9.31. The predicted octanol–water partition coefficient (Wildman–Crippen LogP) is 1.87. The lowest BCUT2D eigenvalue weighted by Gasteiger charge is -2.23. The smallest absolute Gasteiger partial charge is 0.330 e. The van der Waals surface area contributed by atoms with Gasteiger partial charge in [0.05, 0.1) is 6.10 Å². The van der Waals surface area contributed by atoms with Gasteiger partial charge in [-0.25, -0.2) is 4.79 Å². The Morgan fingerprint density at radius 1 is 1.32 bits per heavy atom. The van der Waals surface area contributed by atoms with Crippen molar-refractivity contribution in [2.45, 2.75) is 65.1 Å². The van der Waals surface area contributed by atoms with Crippen molar-refractivity contribution < 1.29 is 28.4 Å². The number of ether oxygens (including phenoxy) is 1. The largest absolute Gasteiger partial charge is 0.460 e. The van der Waals surface area contributed by atoms with Crippen LogP contribution in [0.4, 0.5) is 5.69 Å². The molecule has 1 saturated heterocycles. The molecule has 0 unspecified atom stereocenters. The van der Waals surface area contributed by atoms with Gasteiger partial charge in [-0.1, -0.05) is 18.2 Å². The van der Waals surface area contributed by atoms with Crippen LogP contribution < -0.4 is 21.5 Å². The van der Waals surface area contributed by atoms with Crippen molar-refractivity contribution in [1.82, 2.24) is 20.4 Å². The van der Waals surface area contributed by atoms with Gasteiger partial charge in [0, 0.05) is 36.8 Å². The Hall–Kier alpha value is -4.22. The standard InChI is InChI=1S/C26H33N5O7/c1-5-21(31-12-6-7-19(26(31)36)29-24(34)20-13-16(4)38-30-20)25(35)28-18(8-9-22(32)37-15(2)3)14-17-10-11-27-23(17)33/h6-9,12-13,15,17-18,21H,5,10-11,14H2,1-4H3,(H,27,33)(H,28,35)(H,29,34)/b9-8+/t17-,18+,21-/m0/s1. The molecule has 3 rings (SSSR count). The molecule has 3 N–H and O–H groups in total. The average molecular weight is 528 g/mol. The number of carbonyl (C=O) groups excluding carboxylic acids is 4. The second-order valence-corrected chi connectivity index (χ2v) is 9.31. The van der Waals surface area contributed by atoms with Crippen molar-refractivity contribution in [3.63, 3.8) is 0 Å². The molecule has 0 radical (unpaired) electrons. The molecule has 12 heteroatoms. The molecule has 0 aliphatic carbocycles. The summed E-state index contributed by atoms with van der Waals surface area (Å²) in [6, 6.07) is 2.85. The fourth-order valence-electron chi connectivity index (χ4n) is 4.13. The molecule has 3 heterocycles. The molecule has 2 aromatic heterocycles. The molecule has 1 fully saturated rings. The summed E-state index contributed by atoms with van der Waals surface area (Å²) in [5.41, 5.74) is -0.589. The summed E-state index contributed by atoms with van der Waals surface area (Å²) < 4.78 is 11.3. The van der Waals surface area contributed by atoms with Crippen molar-refractivity contribution in [3.05, 3.63) is 58.4 Å². The fourth-order valence-corrected chi connectivity index (χ4v) is 4.13. The van der Waals surface area contributed by atoms with E-state index < -0.39 is 35.4 Å². The molecule has 38 heavy (non-hydrogen) atoms. The van der Waals surface area contributed by atoms with Gasteiger partial charge in [0.2, 0.25) is 11.8 Å². The lowest BCUT2D eigenvalue weighted by molar-refractivity contribution is -0.141. The first-order valence-electron chi connectivity index (χ1n) is 12.5. The van der Waals surface area contributed by atoms with Crippen molar-refractivity contribution in [3.8, 4) is 0 Å². The minimum Gasteiger partial charge on any atom is -0.460 e. The lowest BCUT2D eigenvalue weighted by Crippen LogP contribution is -2.43. The zero-order valence-electron chi connectivity index (χ0n) is 21.9. The van der Waals surface area contributed by atoms with Crippen LogP contribution in [-0.4, -0.2) is 52.1 Å². The Kier molecular flexibility index (Phi) is 9.58. The number of carbonyl (C=O) groups is 4. The number of aryl methyl sites for hydroxylation is 1. The van der Waals surface area contributed by atoms with Crippen LogP contribution >= 0.6 is 0 Å². The molecule has 2 aromatic rings. The van der Waals surface area contributed by atoms with Crippen molar-refractivity contribution >= 4 is 29.4 Å². The van der Waals surface area contributed by atoms with Gasteiger partial charge in [0.15, 0.2) is 5.69 Å². The fraction of sp³-hybridized carbons (Fsp3) is 0.462. The van der Waals surface area contributed by atoms with Crippen LogP contribution in [0.3, 0.4) is 0 Å². The first-order valence-corrected chi connectivity index (χ1v) is 12.5. The first-order chi connectivity index (χ1) is 18.1. The minimum atomic E-state index is -0.912. The van der Waals surface area contributed by atoms with E-state index >= 15 is 0 Å². The summed E-state index contributed by atoms with van der Waals surface area (Å²) in [5, 5.41) is 11.8. The molecule has 204 valence electrons. The van der Waals surface area contributed by atoms with Crippen LogP contribution in [-0.2, 0) is 19.1 Å². The lowest BCUT2D eigenvalue weighted by atomic mass is 9.97. The molecule has 3 atom stereocenters. The van der Waals surface area contributed by atoms with Gasteiger partial charge in [-0.2, -0.15) is 0 Å². The number of hydrogen-bond donors (Lipinski definition) is 3. The zero-order valence-corrected chi connectivity index (χ0v) is 21.9. The predicted molar refractivity (Wildman–Crippen MR) is 137 cm³/mol. The van der Waals surface area contributed by atoms with Crippen LogP contribution in [0.25, 0.3) is 0 Å². The number of anilines is 1. The van der Waals surface area contributed by atoms with Gasteiger partial charge in [0.1, 0.15) is 17.5 Å². The van der Waals surface area contributed by atoms with Crippen molar-refractivity contribution in [2.75, 3.05) is 11.9 Å². The quantitative estimate of drug-likeness (QED) is 0.295. The van der Waals surface area contributed by atoms with E-state index in [0.29, 0.717) is 18.7 Å². The van der Waals surface area contributed by atoms with E-state index in [1.54, 1.807) is 33.8 Å². The summed E-state index contributed by atoms with van der Waals surface area (Å²) in [7, 11) is 0. The van der Waals surface area contributed by atoms with Crippen molar-refractivity contribution in [1.29, 1.82) is 0 Å². The number of nitrogens with one attached hydrogen (secondary N) is 3. The monoisotopic (exact) mass is 527 g/mol. The summed E-state index contributed by atoms with van der Waals surface area (Å²) in [5.74, 6) is -1.66. The maximum absolute atomic E-state index is 13.3. The maximum atomic E-state index is 13.3. The molecule has 0 bridgehead atoms. The molecule has 0 aromatic carbocycles. The molecule has 1 aliphatic heterocycles. The highest BCUT2D eigenvalue weighted by atomic mass is 16.5. The Labute approximate surface area is 219 Å². The van der Waals surface area contributed by atoms with E-state index in [2.05, 4.69) is 21.1 Å². The van der Waals surface area contributed by atoms with E-state index in [4.69, 9.17) is 9.26 Å². The third-order valence-electron chi connectivity index (χ3n) is 5.95. The Balaban J connectivity index is 1.79. The SMILES string of the molecule is CC[C@@H](C(=O)N[C@H](/C=C/C(=O)OC(C)C)C[C@@H]1CCNC1=O)n1cccc(NC(=O)c2cc(C)on2)c1=O. The van der Waals surface area contributed by atoms with E-state index in [1.165, 1.54) is 35.0 Å². The molecular formula is C26H33N5O7. The van der Waals surface area contributed by atoms with Gasteiger partial charge >= 0.3 is 5.97 Å². The molecule has 0 saturated carbocycles. The first kappa shape index (κ1) is 28.4. The normalized spacial score (nSPS) is 16.8. The molecule has 12 nitrogen and oxygen atoms in total. The van der Waals surface area contributed by atoms with Crippen LogP contribution in [0.2, 0.25) is 0 Å². The van der Waals surface area contributed by atoms with Crippen LogP contribution in [0.5, 0.6) is 0 Å². The number of aromatic nitrogens is 2. The number of nitrogens with zero attached hydrogens (tertiary/aromatic N) is 2. The highest BCUT2D eigenvalue weighted by Crippen LogP contribution is 2.19. The van der Waals surface area contributed by atoms with Crippen LogP contribution in [0.15, 0.2) is 45.9 Å². The van der Waals surface area contributed by atoms with E-state index in [9.17, 15) is 24.0 Å². The third-order valence-corrected chi connectivity index (χ3v) is 5.95. The minimum absolute atomic E-state index is 0.0173. The van der Waals surface area contributed by atoms with Crippen LogP contribution in [0.1, 0.15) is 62.3 Å². The summed E-state index contributed by atoms with van der Waals surface area (Å²) in [6.45, 7) is 7.37. The van der Waals surface area contributed by atoms with Gasteiger partial charge in [-0.05, 0) is 52.2 Å². The molecule has 3 amide bonds. The number of amides is 3. The summed E-state index contributed by atoms with van der Waals surface area (Å²) >= 11 is 0. The number of pyridine rings is 1. The average Bonchev–Trinajstić information content (AvgIpc) is 3.47. The summed E-state index contributed by atoms with van der Waals surface area (Å²) in [4.78, 5) is 63.1. The van der Waals surface area contributed by atoms with E-state index in [-0.39, 0.29) is 42.2 Å². The zero-order chi connectivity index (χ0) is 27.8. The number of esters is 1. The molecule has 0 spiro atoms. The van der Waals surface area contributed by atoms with Gasteiger partial charge < -0.3 is 29.8 Å². The van der Waals surface area contributed by atoms with Crippen LogP contribution in [0, 0.1) is 12.8 Å². The van der Waals surface area contributed by atoms with E-state index in [1.807, 2.05) is 0 Å². The summed E-state index contributed by atoms with van der Waals surface area (Å²) in [6.07, 6.45) is 5.04. The molecular weight excluding hydrogens is 494 g/mol. The Morgan fingerprint density at radius 3 is 2.68 bits per heavy atom. The topological polar surface area (TPSA) is 162 Å². The third kappa shape index (κ3) is 7.40. The van der Waals surface area contributed by atoms with E-state index in [0.717, 1.165) is 0 Å². The second kappa shape index (κ2) is 12.8. The van der Waals surface area contributed by atoms with Gasteiger partial charge in [-0.15, -0.1) is 0 Å². The Morgan fingerprint density at radius 2 is 2.08 bits per heavy atom. The van der Waals surface area contributed by atoms with Crippen molar-refractivity contribution in [2.24, 2.45) is 5.92 Å². The number of rotatable bonds is 11. The Bertz CT molecular complexity index is 1260. The highest BCUT2D eigenvalue weighted by molar-refractivity contribution is 6.02. The number of hydrogen-bond acceptors (Lipinski definition) is 8. The molecule has 1 aliphatic rings. The van der Waals surface area contributed by atoms with Gasteiger partial charge in [0.25, 0.3) is 11.5 Å². The van der Waals surface area contributed by atoms with Gasteiger partial charge in [-0.3, -0.25) is 19.2 Å². The maximum Gasteiger partial charge on any atom is 0.330 e.